The molecule has 0 radical (unpaired) electrons. The van der Waals surface area contributed by atoms with E-state index in [0.717, 1.165) is 4.57 Å². The van der Waals surface area contributed by atoms with Gasteiger partial charge in [-0.15, -0.1) is 0 Å². The molecule has 11 nitrogen and oxygen atoms in total. The zero-order valence-electron chi connectivity index (χ0n) is 10.6. The summed E-state index contributed by atoms with van der Waals surface area (Å²) < 4.78 is 6.29. The predicted molar refractivity (Wildman–Crippen MR) is 65.2 cm³/mol. The highest BCUT2D eigenvalue weighted by molar-refractivity contribution is 5.24. The maximum absolute atomic E-state index is 11.8. The minimum absolute atomic E-state index is 0.0115. The van der Waals surface area contributed by atoms with E-state index in [0.29, 0.717) is 0 Å². The molecule has 1 aliphatic rings. The smallest absolute Gasteiger partial charge is 0.351 e. The standard InChI is InChI=1S/C10H11N7O4/c11-3-5-7(19)10(4-18,15-16-13)21-8(5)17-2-1-6(12)14-9(17)20/h1-2,5,7-8,13,18-19H,4H2,(H-,12,14,20)/p+1/t5-,7-,8+,10+/m0/s1. The molecule has 2 heterocycles. The van der Waals surface area contributed by atoms with Crippen LogP contribution < -0.4 is 16.3 Å². The number of aliphatic hydroxyl groups excluding tert-OH is 2. The Balaban J connectivity index is 2.52. The maximum Gasteiger partial charge on any atom is 0.351 e. The van der Waals surface area contributed by atoms with Gasteiger partial charge in [0.15, 0.2) is 11.3 Å². The van der Waals surface area contributed by atoms with Crippen LogP contribution in [0.3, 0.4) is 0 Å². The van der Waals surface area contributed by atoms with Crippen LogP contribution in [0, 0.1) is 22.8 Å². The molecule has 21 heavy (non-hydrogen) atoms. The normalized spacial score (nSPS) is 31.4. The second-order valence-electron chi connectivity index (χ2n) is 4.35. The van der Waals surface area contributed by atoms with Crippen molar-refractivity contribution in [1.29, 1.82) is 10.8 Å². The van der Waals surface area contributed by atoms with Crippen LogP contribution in [0.4, 0.5) is 5.82 Å². The third-order valence-corrected chi connectivity index (χ3v) is 3.15. The van der Waals surface area contributed by atoms with Crippen molar-refractivity contribution in [3.8, 4) is 6.07 Å². The molecule has 0 saturated carbocycles. The van der Waals surface area contributed by atoms with Crippen molar-refractivity contribution in [3.05, 3.63) is 22.7 Å². The molecule has 4 atom stereocenters. The maximum atomic E-state index is 11.8. The highest BCUT2D eigenvalue weighted by atomic mass is 16.6. The molecule has 1 aromatic heterocycles. The van der Waals surface area contributed by atoms with E-state index in [2.05, 4.69) is 15.0 Å². The number of anilines is 1. The number of aliphatic hydroxyl groups is 2. The molecular weight excluding hydrogens is 282 g/mol. The summed E-state index contributed by atoms with van der Waals surface area (Å²) in [5.41, 5.74) is 9.33. The fraction of sp³-hybridized carbons (Fsp3) is 0.500. The van der Waals surface area contributed by atoms with Gasteiger partial charge < -0.3 is 20.7 Å². The molecule has 0 amide bonds. The van der Waals surface area contributed by atoms with E-state index >= 15 is 0 Å². The van der Waals surface area contributed by atoms with E-state index < -0.39 is 36.3 Å². The summed E-state index contributed by atoms with van der Waals surface area (Å²) in [5, 5.41) is 31.9. The Bertz CT molecular complexity index is 691. The van der Waals surface area contributed by atoms with Crippen LogP contribution >= 0.6 is 0 Å². The Hall–Kier alpha value is -2.64. The molecule has 0 aromatic carbocycles. The van der Waals surface area contributed by atoms with Gasteiger partial charge in [0.2, 0.25) is 4.91 Å². The molecule has 5 N–H and O–H groups in total. The van der Waals surface area contributed by atoms with E-state index in [1.165, 1.54) is 12.3 Å². The SMILES string of the molecule is N#C[C@@H]1[C@H](n2ccc(N)nc2=O)O[C@@](CO)(N=[N+]=N)[C@H]1O. The Labute approximate surface area is 117 Å². The van der Waals surface area contributed by atoms with Crippen LogP contribution in [-0.4, -0.2) is 38.2 Å². The fourth-order valence-corrected chi connectivity index (χ4v) is 2.10. The van der Waals surface area contributed by atoms with Crippen LogP contribution in [0.15, 0.2) is 22.2 Å². The van der Waals surface area contributed by atoms with Gasteiger partial charge in [-0.2, -0.15) is 10.2 Å². The number of nitrogen functional groups attached to an aromatic ring is 1. The van der Waals surface area contributed by atoms with Gasteiger partial charge >= 0.3 is 5.69 Å². The van der Waals surface area contributed by atoms with E-state index in [1.807, 2.05) is 0 Å². The molecule has 1 aliphatic heterocycles. The monoisotopic (exact) mass is 294 g/mol. The lowest BCUT2D eigenvalue weighted by molar-refractivity contribution is -0.128. The molecule has 0 bridgehead atoms. The van der Waals surface area contributed by atoms with Crippen molar-refractivity contribution in [2.75, 3.05) is 12.3 Å². The number of nitrogens with two attached hydrogens (primary N) is 1. The topological polar surface area (TPSA) is 185 Å². The predicted octanol–water partition coefficient (Wildman–Crippen LogP) is -1.91. The van der Waals surface area contributed by atoms with Crippen molar-refractivity contribution in [2.45, 2.75) is 18.1 Å². The second-order valence-corrected chi connectivity index (χ2v) is 4.35. The minimum atomic E-state index is -1.98. The Morgan fingerprint density at radius 2 is 2.48 bits per heavy atom. The Kier molecular flexibility index (Phi) is 3.79. The van der Waals surface area contributed by atoms with Gasteiger partial charge in [0.1, 0.15) is 30.0 Å². The summed E-state index contributed by atoms with van der Waals surface area (Å²) in [4.78, 5) is 18.0. The third kappa shape index (κ3) is 2.28. The highest BCUT2D eigenvalue weighted by Gasteiger charge is 2.60. The molecule has 1 aromatic rings. The van der Waals surface area contributed by atoms with Crippen molar-refractivity contribution in [3.63, 3.8) is 0 Å². The van der Waals surface area contributed by atoms with Crippen LogP contribution in [0.1, 0.15) is 6.23 Å². The van der Waals surface area contributed by atoms with Crippen LogP contribution in [0.2, 0.25) is 0 Å². The van der Waals surface area contributed by atoms with Gasteiger partial charge in [0, 0.05) is 6.20 Å². The molecule has 11 heteroatoms. The van der Waals surface area contributed by atoms with E-state index in [-0.39, 0.29) is 5.82 Å². The summed E-state index contributed by atoms with van der Waals surface area (Å²) >= 11 is 0. The molecule has 0 aliphatic carbocycles. The first-order valence-corrected chi connectivity index (χ1v) is 5.78. The zero-order valence-corrected chi connectivity index (χ0v) is 10.6. The lowest BCUT2D eigenvalue weighted by Gasteiger charge is -2.18. The molecule has 1 fully saturated rings. The fourth-order valence-electron chi connectivity index (χ4n) is 2.10. The van der Waals surface area contributed by atoms with Gasteiger partial charge in [0.05, 0.1) is 6.07 Å². The summed E-state index contributed by atoms with van der Waals surface area (Å²) in [5.74, 6) is -1.23. The Morgan fingerprint density at radius 1 is 1.76 bits per heavy atom. The zero-order chi connectivity index (χ0) is 15.6. The van der Waals surface area contributed by atoms with E-state index in [9.17, 15) is 15.0 Å². The van der Waals surface area contributed by atoms with Gasteiger partial charge in [0.25, 0.3) is 5.72 Å². The molecule has 110 valence electrons. The largest absolute Gasteiger partial charge is 0.391 e. The summed E-state index contributed by atoms with van der Waals surface area (Å²) in [6.45, 7) is -0.817. The molecule has 0 spiro atoms. The highest BCUT2D eigenvalue weighted by Crippen LogP contribution is 2.41. The van der Waals surface area contributed by atoms with Crippen molar-refractivity contribution in [1.82, 2.24) is 14.5 Å². The van der Waals surface area contributed by atoms with Crippen LogP contribution in [-0.2, 0) is 4.74 Å². The van der Waals surface area contributed by atoms with E-state index in [1.54, 1.807) is 6.07 Å². The number of rotatable bonds is 3. The molecule has 0 unspecified atom stereocenters. The van der Waals surface area contributed by atoms with Crippen molar-refractivity contribution in [2.24, 2.45) is 11.0 Å². The lowest BCUT2D eigenvalue weighted by Crippen LogP contribution is -2.43. The number of aromatic nitrogens is 2. The van der Waals surface area contributed by atoms with Crippen molar-refractivity contribution >= 4 is 5.82 Å². The molecule has 1 saturated heterocycles. The number of hydrogen-bond donors (Lipinski definition) is 4. The van der Waals surface area contributed by atoms with Crippen LogP contribution in [0.25, 0.3) is 0 Å². The average Bonchev–Trinajstić information content (AvgIpc) is 2.72. The first kappa shape index (κ1) is 14.8. The summed E-state index contributed by atoms with van der Waals surface area (Å²) in [6, 6.07) is 3.10. The minimum Gasteiger partial charge on any atom is -0.391 e. The lowest BCUT2D eigenvalue weighted by atomic mass is 9.98. The first-order chi connectivity index (χ1) is 9.99. The Morgan fingerprint density at radius 3 is 3.00 bits per heavy atom. The number of nitriles is 1. The summed E-state index contributed by atoms with van der Waals surface area (Å²) in [7, 11) is 0. The third-order valence-electron chi connectivity index (χ3n) is 3.15. The number of nitrogens with zero attached hydrogens (tertiary/aromatic N) is 5. The summed E-state index contributed by atoms with van der Waals surface area (Å²) in [6.07, 6.45) is -1.57. The quantitative estimate of drug-likeness (QED) is 0.370. The number of hydrogen-bond acceptors (Lipinski definition) is 9. The van der Waals surface area contributed by atoms with Gasteiger partial charge in [-0.05, 0) is 6.07 Å². The number of nitrogens with one attached hydrogen (secondary N) is 1. The second kappa shape index (κ2) is 5.39. The van der Waals surface area contributed by atoms with E-state index in [4.69, 9.17) is 21.3 Å². The van der Waals surface area contributed by atoms with Crippen molar-refractivity contribution < 1.29 is 14.9 Å². The first-order valence-electron chi connectivity index (χ1n) is 5.78. The van der Waals surface area contributed by atoms with Gasteiger partial charge in [-0.3, -0.25) is 4.57 Å². The molecule has 2 rings (SSSR count). The van der Waals surface area contributed by atoms with Gasteiger partial charge in [-0.1, -0.05) is 0 Å². The molecular formula is C10H12N7O4+. The number of ether oxygens (including phenoxy) is 1. The van der Waals surface area contributed by atoms with Gasteiger partial charge in [-0.25, -0.2) is 4.79 Å². The van der Waals surface area contributed by atoms with Crippen LogP contribution in [0.5, 0.6) is 0 Å². The average molecular weight is 294 g/mol.